The van der Waals surface area contributed by atoms with Crippen molar-refractivity contribution in [3.63, 3.8) is 0 Å². The van der Waals surface area contributed by atoms with E-state index in [1.165, 1.54) is 13.0 Å². The zero-order valence-electron chi connectivity index (χ0n) is 14.7. The number of benzene rings is 2. The van der Waals surface area contributed by atoms with E-state index in [2.05, 4.69) is 15.6 Å². The van der Waals surface area contributed by atoms with Gasteiger partial charge >= 0.3 is 0 Å². The molecule has 1 aromatic heterocycles. The lowest BCUT2D eigenvalue weighted by atomic mass is 10.1. The van der Waals surface area contributed by atoms with Gasteiger partial charge in [-0.3, -0.25) is 14.6 Å². The van der Waals surface area contributed by atoms with Gasteiger partial charge in [-0.15, -0.1) is 0 Å². The number of hydrogen-bond donors (Lipinski definition) is 2. The second-order valence-electron chi connectivity index (χ2n) is 5.96. The molecule has 1 amide bonds. The minimum Gasteiger partial charge on any atom is -0.380 e. The van der Waals surface area contributed by atoms with Crippen LogP contribution < -0.4 is 10.6 Å². The molecule has 2 N–H and O–H groups in total. The van der Waals surface area contributed by atoms with Gasteiger partial charge in [-0.25, -0.2) is 4.39 Å². The molecule has 0 aliphatic rings. The summed E-state index contributed by atoms with van der Waals surface area (Å²) in [7, 11) is 0. The van der Waals surface area contributed by atoms with Crippen LogP contribution in [0, 0.1) is 5.82 Å². The first-order valence-electron chi connectivity index (χ1n) is 8.38. The Labute approximate surface area is 156 Å². The molecule has 2 aromatic carbocycles. The first-order valence-corrected chi connectivity index (χ1v) is 8.38. The number of pyridine rings is 1. The number of Topliss-reactive ketones (excluding diaryl/α,β-unsaturated/α-hetero) is 1. The molecule has 0 spiro atoms. The summed E-state index contributed by atoms with van der Waals surface area (Å²) in [6.45, 7) is 1.71. The third-order valence-electron chi connectivity index (χ3n) is 3.98. The van der Waals surface area contributed by atoms with Gasteiger partial charge in [-0.1, -0.05) is 18.2 Å². The molecular formula is C21H18FN3O2. The molecule has 0 aliphatic heterocycles. The van der Waals surface area contributed by atoms with Crippen LogP contribution in [0.4, 0.5) is 15.8 Å². The fraction of sp³-hybridized carbons (Fsp3) is 0.0952. The molecule has 0 saturated carbocycles. The van der Waals surface area contributed by atoms with E-state index >= 15 is 0 Å². The molecule has 0 atom stereocenters. The molecule has 0 unspecified atom stereocenters. The lowest BCUT2D eigenvalue weighted by molar-refractivity contribution is 0.101. The van der Waals surface area contributed by atoms with Crippen molar-refractivity contribution in [1.82, 2.24) is 4.98 Å². The average Bonchev–Trinajstić information content (AvgIpc) is 2.67. The summed E-state index contributed by atoms with van der Waals surface area (Å²) in [6.07, 6.45) is 3.11. The second kappa shape index (κ2) is 8.23. The predicted molar refractivity (Wildman–Crippen MR) is 102 cm³/mol. The molecule has 3 aromatic rings. The van der Waals surface area contributed by atoms with Gasteiger partial charge in [0.05, 0.1) is 5.56 Å². The highest BCUT2D eigenvalue weighted by Gasteiger charge is 2.12. The molecule has 0 aliphatic carbocycles. The van der Waals surface area contributed by atoms with E-state index in [0.29, 0.717) is 23.5 Å². The monoisotopic (exact) mass is 363 g/mol. The highest BCUT2D eigenvalue weighted by Crippen LogP contribution is 2.21. The van der Waals surface area contributed by atoms with Gasteiger partial charge < -0.3 is 10.6 Å². The number of carbonyl (C=O) groups excluding carboxylic acids is 2. The van der Waals surface area contributed by atoms with Gasteiger partial charge in [0.1, 0.15) is 5.82 Å². The van der Waals surface area contributed by atoms with E-state index in [-0.39, 0.29) is 17.3 Å². The maximum absolute atomic E-state index is 13.9. The van der Waals surface area contributed by atoms with E-state index in [0.717, 1.165) is 5.56 Å². The Morgan fingerprint density at radius 2 is 1.78 bits per heavy atom. The standard InChI is InChI=1S/C21H18FN3O2/c1-14(26)20-18(22)6-3-7-19(20)24-13-15-4-2-5-17(12-15)25-21(27)16-8-10-23-11-9-16/h2-12,24H,13H2,1H3,(H,25,27). The molecule has 27 heavy (non-hydrogen) atoms. The maximum atomic E-state index is 13.9. The summed E-state index contributed by atoms with van der Waals surface area (Å²) >= 11 is 0. The van der Waals surface area contributed by atoms with Crippen LogP contribution in [0.25, 0.3) is 0 Å². The minimum atomic E-state index is -0.550. The quantitative estimate of drug-likeness (QED) is 0.641. The van der Waals surface area contributed by atoms with Crippen molar-refractivity contribution in [3.05, 3.63) is 89.5 Å². The fourth-order valence-electron chi connectivity index (χ4n) is 2.69. The number of rotatable bonds is 6. The number of carbonyl (C=O) groups is 2. The number of anilines is 2. The van der Waals surface area contributed by atoms with Crippen LogP contribution in [-0.4, -0.2) is 16.7 Å². The first kappa shape index (κ1) is 18.3. The molecular weight excluding hydrogens is 345 g/mol. The number of ketones is 1. The Bertz CT molecular complexity index is 974. The van der Waals surface area contributed by atoms with Crippen LogP contribution in [0.5, 0.6) is 0 Å². The Hall–Kier alpha value is -3.54. The largest absolute Gasteiger partial charge is 0.380 e. The molecule has 0 bridgehead atoms. The molecule has 5 nitrogen and oxygen atoms in total. The van der Waals surface area contributed by atoms with Crippen LogP contribution in [0.2, 0.25) is 0 Å². The van der Waals surface area contributed by atoms with Crippen molar-refractivity contribution in [1.29, 1.82) is 0 Å². The second-order valence-corrected chi connectivity index (χ2v) is 5.96. The van der Waals surface area contributed by atoms with Gasteiger partial charge in [0, 0.05) is 35.9 Å². The molecule has 0 fully saturated rings. The van der Waals surface area contributed by atoms with E-state index in [1.807, 2.05) is 18.2 Å². The zero-order chi connectivity index (χ0) is 19.2. The van der Waals surface area contributed by atoms with Crippen molar-refractivity contribution in [2.24, 2.45) is 0 Å². The Morgan fingerprint density at radius 3 is 2.52 bits per heavy atom. The van der Waals surface area contributed by atoms with Crippen LogP contribution in [0.3, 0.4) is 0 Å². The number of aromatic nitrogens is 1. The summed E-state index contributed by atoms with van der Waals surface area (Å²) in [6, 6.07) is 15.0. The number of amides is 1. The lowest BCUT2D eigenvalue weighted by Crippen LogP contribution is -2.12. The van der Waals surface area contributed by atoms with E-state index < -0.39 is 5.82 Å². The third kappa shape index (κ3) is 4.55. The highest BCUT2D eigenvalue weighted by molar-refractivity contribution is 6.04. The van der Waals surface area contributed by atoms with E-state index in [1.54, 1.807) is 42.7 Å². The Kier molecular flexibility index (Phi) is 5.56. The summed E-state index contributed by atoms with van der Waals surface area (Å²) < 4.78 is 13.9. The topological polar surface area (TPSA) is 71.1 Å². The van der Waals surface area contributed by atoms with Crippen molar-refractivity contribution in [2.75, 3.05) is 10.6 Å². The smallest absolute Gasteiger partial charge is 0.255 e. The first-order chi connectivity index (χ1) is 13.0. The van der Waals surface area contributed by atoms with Gasteiger partial charge in [0.2, 0.25) is 0 Å². The molecule has 6 heteroatoms. The highest BCUT2D eigenvalue weighted by atomic mass is 19.1. The molecule has 0 radical (unpaired) electrons. The average molecular weight is 363 g/mol. The van der Waals surface area contributed by atoms with E-state index in [9.17, 15) is 14.0 Å². The lowest BCUT2D eigenvalue weighted by Gasteiger charge is -2.12. The zero-order valence-corrected chi connectivity index (χ0v) is 14.7. The maximum Gasteiger partial charge on any atom is 0.255 e. The molecule has 1 heterocycles. The van der Waals surface area contributed by atoms with Gasteiger partial charge in [0.15, 0.2) is 5.78 Å². The summed E-state index contributed by atoms with van der Waals surface area (Å²) in [5.74, 6) is -1.12. The number of nitrogens with one attached hydrogen (secondary N) is 2. The summed E-state index contributed by atoms with van der Waals surface area (Å²) in [5, 5.41) is 5.91. The van der Waals surface area contributed by atoms with Crippen molar-refractivity contribution >= 4 is 23.1 Å². The third-order valence-corrected chi connectivity index (χ3v) is 3.98. The van der Waals surface area contributed by atoms with E-state index in [4.69, 9.17) is 0 Å². The van der Waals surface area contributed by atoms with Crippen LogP contribution in [0.1, 0.15) is 33.2 Å². The van der Waals surface area contributed by atoms with Crippen molar-refractivity contribution in [3.8, 4) is 0 Å². The Balaban J connectivity index is 1.71. The van der Waals surface area contributed by atoms with Crippen molar-refractivity contribution < 1.29 is 14.0 Å². The Morgan fingerprint density at radius 1 is 1.04 bits per heavy atom. The fourth-order valence-corrected chi connectivity index (χ4v) is 2.69. The van der Waals surface area contributed by atoms with Crippen LogP contribution in [-0.2, 0) is 6.54 Å². The van der Waals surface area contributed by atoms with Gasteiger partial charge in [-0.05, 0) is 48.9 Å². The molecule has 3 rings (SSSR count). The summed E-state index contributed by atoms with van der Waals surface area (Å²) in [5.41, 5.74) is 2.51. The normalized spacial score (nSPS) is 10.3. The molecule has 0 saturated heterocycles. The minimum absolute atomic E-state index is 0.0413. The number of halogens is 1. The van der Waals surface area contributed by atoms with Crippen LogP contribution in [0.15, 0.2) is 67.0 Å². The van der Waals surface area contributed by atoms with Crippen molar-refractivity contribution in [2.45, 2.75) is 13.5 Å². The predicted octanol–water partition coefficient (Wildman–Crippen LogP) is 4.29. The number of nitrogens with zero attached hydrogens (tertiary/aromatic N) is 1. The SMILES string of the molecule is CC(=O)c1c(F)cccc1NCc1cccc(NC(=O)c2ccncc2)c1. The number of hydrogen-bond acceptors (Lipinski definition) is 4. The van der Waals surface area contributed by atoms with Gasteiger partial charge in [0.25, 0.3) is 5.91 Å². The van der Waals surface area contributed by atoms with Gasteiger partial charge in [-0.2, -0.15) is 0 Å². The van der Waals surface area contributed by atoms with Crippen LogP contribution >= 0.6 is 0 Å². The summed E-state index contributed by atoms with van der Waals surface area (Å²) in [4.78, 5) is 27.8. The molecule has 136 valence electrons.